The number of ether oxygens (including phenoxy) is 1. The van der Waals surface area contributed by atoms with Crippen LogP contribution in [0.25, 0.3) is 11.0 Å². The third kappa shape index (κ3) is 6.22. The van der Waals surface area contributed by atoms with E-state index in [4.69, 9.17) is 4.74 Å². The topological polar surface area (TPSA) is 96.1 Å². The lowest BCUT2D eigenvalue weighted by atomic mass is 9.75. The van der Waals surface area contributed by atoms with Crippen LogP contribution >= 0.6 is 0 Å². The Morgan fingerprint density at radius 2 is 1.76 bits per heavy atom. The molecular weight excluding hydrogens is 574 g/mol. The van der Waals surface area contributed by atoms with E-state index in [9.17, 15) is 10.1 Å². The molecule has 1 aromatic carbocycles. The molecule has 240 valence electrons. The van der Waals surface area contributed by atoms with E-state index in [2.05, 4.69) is 33.2 Å². The van der Waals surface area contributed by atoms with Crippen LogP contribution in [0.4, 0.5) is 14.6 Å². The van der Waals surface area contributed by atoms with Gasteiger partial charge in [-0.15, -0.1) is 0 Å². The first-order valence-electron chi connectivity index (χ1n) is 16.6. The second-order valence-corrected chi connectivity index (χ2v) is 13.3. The standard InChI is InChI=1S/C35H44F2N6O2/c1-24-8-5-3-4-6-15-43-32-29(21-30(33(43)44)34(22-38)13-18-45-19-14-34)31(39-23-40-32)41-25(2)26-9-7-10-28(20-26)35(36,37)27-11-16-42(24)17-12-27/h7,9-10,20-21,23-25,27H,3-6,8,11-19H2,1-2H3,(H,39,40,41)/t24?,25-/m1/s1. The number of anilines is 1. The van der Waals surface area contributed by atoms with E-state index in [1.165, 1.54) is 6.33 Å². The maximum atomic E-state index is 15.9. The number of pyridine rings is 1. The zero-order chi connectivity index (χ0) is 31.6. The number of hydrogen-bond acceptors (Lipinski definition) is 7. The highest BCUT2D eigenvalue weighted by Gasteiger charge is 2.43. The van der Waals surface area contributed by atoms with Gasteiger partial charge in [-0.25, -0.2) is 18.7 Å². The van der Waals surface area contributed by atoms with Gasteiger partial charge in [0.25, 0.3) is 11.5 Å². The zero-order valence-corrected chi connectivity index (χ0v) is 26.4. The molecule has 4 aliphatic rings. The minimum atomic E-state index is -2.92. The molecule has 1 unspecified atom stereocenters. The van der Waals surface area contributed by atoms with Crippen LogP contribution in [0.15, 0.2) is 41.5 Å². The van der Waals surface area contributed by atoms with Gasteiger partial charge in [-0.1, -0.05) is 37.5 Å². The normalized spacial score (nSPS) is 27.3. The van der Waals surface area contributed by atoms with E-state index >= 15 is 8.78 Å². The van der Waals surface area contributed by atoms with Crippen molar-refractivity contribution in [3.63, 3.8) is 0 Å². The van der Waals surface area contributed by atoms with Gasteiger partial charge >= 0.3 is 0 Å². The molecule has 45 heavy (non-hydrogen) atoms. The first-order chi connectivity index (χ1) is 21.7. The van der Waals surface area contributed by atoms with E-state index in [-0.39, 0.29) is 17.2 Å². The molecule has 0 aliphatic carbocycles. The Hall–Kier alpha value is -3.42. The van der Waals surface area contributed by atoms with Gasteiger partial charge in [-0.3, -0.25) is 9.36 Å². The number of nitrogens with one attached hydrogen (secondary N) is 1. The second-order valence-electron chi connectivity index (χ2n) is 13.3. The molecule has 2 fully saturated rings. The molecule has 6 heterocycles. The minimum Gasteiger partial charge on any atom is -0.381 e. The van der Waals surface area contributed by atoms with Crippen LogP contribution < -0.4 is 10.9 Å². The van der Waals surface area contributed by atoms with Gasteiger partial charge in [0.2, 0.25) is 0 Å². The molecule has 2 atom stereocenters. The fourth-order valence-corrected chi connectivity index (χ4v) is 7.50. The number of rotatable bonds is 1. The molecule has 2 saturated heterocycles. The van der Waals surface area contributed by atoms with Crippen LogP contribution in [-0.2, 0) is 22.6 Å². The first-order valence-corrected chi connectivity index (χ1v) is 16.6. The highest BCUT2D eigenvalue weighted by atomic mass is 19.3. The highest BCUT2D eigenvalue weighted by molar-refractivity contribution is 5.87. The van der Waals surface area contributed by atoms with Crippen LogP contribution in [-0.4, -0.2) is 51.8 Å². The van der Waals surface area contributed by atoms with Gasteiger partial charge in [0, 0.05) is 48.9 Å². The van der Waals surface area contributed by atoms with E-state index in [1.807, 2.05) is 13.0 Å². The SMILES string of the molecule is CC1CCCCCCn2c(=O)c(C3(C#N)CCOCC3)cc3c(ncnc32)N[C@H](C)c2cccc(c2)C(F)(F)C2CCN1CC2. The van der Waals surface area contributed by atoms with Crippen molar-refractivity contribution in [2.24, 2.45) is 5.92 Å². The average molecular weight is 619 g/mol. The molecular formula is C35H44F2N6O2. The Kier molecular flexibility index (Phi) is 9.21. The molecule has 0 radical (unpaired) electrons. The summed E-state index contributed by atoms with van der Waals surface area (Å²) < 4.78 is 39.2. The number of nitriles is 1. The zero-order valence-electron chi connectivity index (χ0n) is 26.4. The average Bonchev–Trinajstić information content (AvgIpc) is 3.07. The molecule has 0 amide bonds. The van der Waals surface area contributed by atoms with Gasteiger partial charge in [0.05, 0.1) is 16.9 Å². The van der Waals surface area contributed by atoms with Crippen LogP contribution in [0.5, 0.6) is 0 Å². The van der Waals surface area contributed by atoms with E-state index < -0.39 is 17.3 Å². The number of hydrogen-bond donors (Lipinski definition) is 1. The van der Waals surface area contributed by atoms with Crippen molar-refractivity contribution >= 4 is 16.9 Å². The molecule has 0 saturated carbocycles. The molecule has 3 aromatic rings. The van der Waals surface area contributed by atoms with Gasteiger partial charge in [0.1, 0.15) is 17.8 Å². The number of aryl methyl sites for hydroxylation is 1. The largest absolute Gasteiger partial charge is 0.381 e. The van der Waals surface area contributed by atoms with E-state index in [1.54, 1.807) is 28.8 Å². The lowest BCUT2D eigenvalue weighted by Gasteiger charge is -2.39. The van der Waals surface area contributed by atoms with Gasteiger partial charge < -0.3 is 15.0 Å². The third-order valence-electron chi connectivity index (χ3n) is 10.5. The first kappa shape index (κ1) is 31.6. The predicted octanol–water partition coefficient (Wildman–Crippen LogP) is 6.69. The molecule has 7 rings (SSSR count). The summed E-state index contributed by atoms with van der Waals surface area (Å²) >= 11 is 0. The summed E-state index contributed by atoms with van der Waals surface area (Å²) in [5.41, 5.74) is 0.588. The summed E-state index contributed by atoms with van der Waals surface area (Å²) in [5, 5.41) is 14.5. The quantitative estimate of drug-likeness (QED) is 0.325. The van der Waals surface area contributed by atoms with Gasteiger partial charge in [0.15, 0.2) is 0 Å². The molecule has 8 bridgehead atoms. The molecule has 2 aromatic heterocycles. The Labute approximate surface area is 263 Å². The third-order valence-corrected chi connectivity index (χ3v) is 10.5. The summed E-state index contributed by atoms with van der Waals surface area (Å²) in [6.07, 6.45) is 8.15. The number of halogens is 2. The van der Waals surface area contributed by atoms with Crippen molar-refractivity contribution in [2.45, 2.75) is 102 Å². The number of benzene rings is 1. The highest BCUT2D eigenvalue weighted by Crippen LogP contribution is 2.43. The maximum Gasteiger partial charge on any atom is 0.276 e. The van der Waals surface area contributed by atoms with Crippen molar-refractivity contribution in [3.05, 3.63) is 63.7 Å². The van der Waals surface area contributed by atoms with Crippen LogP contribution in [0.3, 0.4) is 0 Å². The predicted molar refractivity (Wildman–Crippen MR) is 170 cm³/mol. The Morgan fingerprint density at radius 1 is 1.00 bits per heavy atom. The Bertz CT molecular complexity index is 1600. The number of piperidine rings is 1. The fourth-order valence-electron chi connectivity index (χ4n) is 7.50. The maximum absolute atomic E-state index is 15.9. The van der Waals surface area contributed by atoms with Crippen molar-refractivity contribution in [1.82, 2.24) is 19.4 Å². The number of aromatic nitrogens is 3. The van der Waals surface area contributed by atoms with Gasteiger partial charge in [-0.2, -0.15) is 5.26 Å². The van der Waals surface area contributed by atoms with Crippen LogP contribution in [0, 0.1) is 17.2 Å². The summed E-state index contributed by atoms with van der Waals surface area (Å²) in [5.74, 6) is -3.11. The fraction of sp³-hybridized carbons (Fsp3) is 0.600. The lowest BCUT2D eigenvalue weighted by Crippen LogP contribution is -2.43. The summed E-state index contributed by atoms with van der Waals surface area (Å²) in [7, 11) is 0. The van der Waals surface area contributed by atoms with E-state index in [0.29, 0.717) is 87.0 Å². The van der Waals surface area contributed by atoms with Crippen molar-refractivity contribution < 1.29 is 13.5 Å². The van der Waals surface area contributed by atoms with Gasteiger partial charge in [-0.05, 0) is 83.2 Å². The van der Waals surface area contributed by atoms with E-state index in [0.717, 1.165) is 37.7 Å². The smallest absolute Gasteiger partial charge is 0.276 e. The van der Waals surface area contributed by atoms with Crippen molar-refractivity contribution in [1.29, 1.82) is 5.26 Å². The Balaban J connectivity index is 1.43. The minimum absolute atomic E-state index is 0.0465. The van der Waals surface area contributed by atoms with Crippen LogP contribution in [0.2, 0.25) is 0 Å². The summed E-state index contributed by atoms with van der Waals surface area (Å²) in [6.45, 7) is 6.84. The monoisotopic (exact) mass is 618 g/mol. The molecule has 10 heteroatoms. The molecule has 8 nitrogen and oxygen atoms in total. The summed E-state index contributed by atoms with van der Waals surface area (Å²) in [4.78, 5) is 25.6. The Morgan fingerprint density at radius 3 is 2.51 bits per heavy atom. The molecule has 1 N–H and O–H groups in total. The number of nitrogens with zero attached hydrogens (tertiary/aromatic N) is 5. The summed E-state index contributed by atoms with van der Waals surface area (Å²) in [6, 6.07) is 11.0. The lowest BCUT2D eigenvalue weighted by molar-refractivity contribution is -0.0883. The number of alkyl halides is 2. The van der Waals surface area contributed by atoms with Crippen molar-refractivity contribution in [2.75, 3.05) is 31.6 Å². The second kappa shape index (κ2) is 13.1. The molecule has 0 spiro atoms. The van der Waals surface area contributed by atoms with Crippen LogP contribution in [0.1, 0.15) is 94.4 Å². The molecule has 4 aliphatic heterocycles. The van der Waals surface area contributed by atoms with Crippen molar-refractivity contribution in [3.8, 4) is 6.07 Å². The number of fused-ring (bicyclic) bond motifs is 9.